The topological polar surface area (TPSA) is 213 Å². The molecule has 0 bridgehead atoms. The average molecular weight is 860 g/mol. The highest BCUT2D eigenvalue weighted by molar-refractivity contribution is 7.89. The number of aromatic nitrogens is 4. The fraction of sp³-hybridized carbons (Fsp3) is 0.372. The summed E-state index contributed by atoms with van der Waals surface area (Å²) >= 11 is 0. The molecule has 18 heteroatoms. The van der Waals surface area contributed by atoms with E-state index in [-0.39, 0.29) is 45.9 Å². The fourth-order valence-electron chi connectivity index (χ4n) is 8.74. The SMILES string of the molecule is Cc1c(C2CCN(C(=O)[C@H]3CC[C@H](NC(=O)n4c(-c5ccnn5-c5ccc(C#N)cc5)c(C)n(-c5cccc(C(F)(F)F)c5)c4=O)CC3)CC2)cc(S(N)(=O)=O)c(C)c1C.N. The van der Waals surface area contributed by atoms with E-state index in [0.29, 0.717) is 74.1 Å². The minimum Gasteiger partial charge on any atom is -0.344 e. The summed E-state index contributed by atoms with van der Waals surface area (Å²) in [4.78, 5) is 44.2. The van der Waals surface area contributed by atoms with Crippen molar-refractivity contribution in [2.45, 2.75) is 89.3 Å². The van der Waals surface area contributed by atoms with Crippen LogP contribution < -0.4 is 22.3 Å². The van der Waals surface area contributed by atoms with E-state index in [1.165, 1.54) is 23.0 Å². The molecule has 7 rings (SSSR count). The number of nitrogens with two attached hydrogens (primary N) is 1. The van der Waals surface area contributed by atoms with Crippen molar-refractivity contribution in [1.29, 1.82) is 5.26 Å². The first-order chi connectivity index (χ1) is 28.4. The van der Waals surface area contributed by atoms with Gasteiger partial charge in [0.2, 0.25) is 15.9 Å². The third kappa shape index (κ3) is 8.63. The molecule has 5 aromatic rings. The van der Waals surface area contributed by atoms with Gasteiger partial charge in [0.1, 0.15) is 5.69 Å². The molecular weight excluding hydrogens is 812 g/mol. The number of nitriles is 1. The van der Waals surface area contributed by atoms with Gasteiger partial charge >= 0.3 is 17.9 Å². The second-order valence-corrected chi connectivity index (χ2v) is 17.2. The van der Waals surface area contributed by atoms with Crippen molar-refractivity contribution in [1.82, 2.24) is 35.3 Å². The van der Waals surface area contributed by atoms with Crippen LogP contribution in [0.3, 0.4) is 0 Å². The summed E-state index contributed by atoms with van der Waals surface area (Å²) in [6, 6.07) is 15.0. The lowest BCUT2D eigenvalue weighted by Crippen LogP contribution is -2.46. The van der Waals surface area contributed by atoms with Gasteiger partial charge in [0, 0.05) is 25.0 Å². The van der Waals surface area contributed by atoms with Crippen molar-refractivity contribution >= 4 is 22.0 Å². The number of amides is 2. The summed E-state index contributed by atoms with van der Waals surface area (Å²) in [5, 5.41) is 22.2. The third-order valence-corrected chi connectivity index (χ3v) is 13.3. The molecule has 3 aromatic carbocycles. The van der Waals surface area contributed by atoms with Crippen LogP contribution in [0.2, 0.25) is 0 Å². The zero-order valence-corrected chi connectivity index (χ0v) is 35.1. The van der Waals surface area contributed by atoms with Crippen LogP contribution in [0.25, 0.3) is 22.8 Å². The molecule has 0 spiro atoms. The number of carbonyl (C=O) groups excluding carboxylic acids is 2. The molecule has 2 aromatic heterocycles. The van der Waals surface area contributed by atoms with Crippen molar-refractivity contribution in [2.24, 2.45) is 11.1 Å². The molecule has 0 atom stereocenters. The lowest BCUT2D eigenvalue weighted by atomic mass is 9.82. The first-order valence-corrected chi connectivity index (χ1v) is 21.2. The molecule has 3 heterocycles. The van der Waals surface area contributed by atoms with Crippen LogP contribution in [0.5, 0.6) is 0 Å². The smallest absolute Gasteiger partial charge is 0.344 e. The Morgan fingerprint density at radius 3 is 2.15 bits per heavy atom. The number of piperidine rings is 1. The van der Waals surface area contributed by atoms with E-state index >= 15 is 0 Å². The maximum Gasteiger partial charge on any atom is 0.416 e. The van der Waals surface area contributed by atoms with Gasteiger partial charge in [-0.1, -0.05) is 6.07 Å². The Hall–Kier alpha value is -6.03. The first kappa shape index (κ1) is 44.5. The molecule has 14 nitrogen and oxygen atoms in total. The number of sulfonamides is 1. The largest absolute Gasteiger partial charge is 0.416 e. The van der Waals surface area contributed by atoms with Crippen LogP contribution in [0, 0.1) is 44.9 Å². The number of likely N-dealkylation sites (tertiary alicyclic amines) is 1. The van der Waals surface area contributed by atoms with Crippen LogP contribution in [-0.4, -0.2) is 63.3 Å². The molecule has 6 N–H and O–H groups in total. The molecule has 2 fully saturated rings. The molecule has 1 saturated carbocycles. The molecule has 322 valence electrons. The van der Waals surface area contributed by atoms with Crippen LogP contribution >= 0.6 is 0 Å². The summed E-state index contributed by atoms with van der Waals surface area (Å²) in [5.74, 6) is -0.164. The Balaban J connectivity index is 0.00000622. The Morgan fingerprint density at radius 2 is 1.54 bits per heavy atom. The average Bonchev–Trinajstić information content (AvgIpc) is 3.80. The fourth-order valence-corrected chi connectivity index (χ4v) is 9.61. The van der Waals surface area contributed by atoms with E-state index in [0.717, 1.165) is 38.0 Å². The zero-order chi connectivity index (χ0) is 43.3. The standard InChI is InChI=1S/C43H45F3N8O5S.H3N/c1-25-26(2)36(23-38(27(25)3)60(48,58)59)30-17-20-51(21-18-30)40(55)31-10-12-33(13-11-31)50-41(56)53-39(37-16-19-49-54(37)34-14-8-29(24-47)9-15-34)28(4)52(42(53)57)35-7-5-6-32(22-35)43(44,45)46;/h5-9,14-16,19,22-23,30-31,33H,10-13,17-18,20-21H2,1-4H3,(H,50,56)(H2,48,58,59);1H3/t31-,33-;. The van der Waals surface area contributed by atoms with Crippen molar-refractivity contribution in [2.75, 3.05) is 13.1 Å². The quantitative estimate of drug-likeness (QED) is 0.155. The van der Waals surface area contributed by atoms with E-state index < -0.39 is 39.5 Å². The minimum atomic E-state index is -4.68. The van der Waals surface area contributed by atoms with Crippen molar-refractivity contribution in [3.8, 4) is 28.8 Å². The number of imidazole rings is 1. The molecule has 61 heavy (non-hydrogen) atoms. The van der Waals surface area contributed by atoms with E-state index in [1.54, 1.807) is 50.2 Å². The normalized spacial score (nSPS) is 17.4. The maximum absolute atomic E-state index is 14.3. The number of rotatable bonds is 7. The Morgan fingerprint density at radius 1 is 0.885 bits per heavy atom. The van der Waals surface area contributed by atoms with Gasteiger partial charge in [-0.3, -0.25) is 9.36 Å². The summed E-state index contributed by atoms with van der Waals surface area (Å²) < 4.78 is 69.5. The Bertz CT molecular complexity index is 2700. The highest BCUT2D eigenvalue weighted by atomic mass is 32.2. The van der Waals surface area contributed by atoms with Crippen molar-refractivity contribution < 1.29 is 31.2 Å². The Labute approximate surface area is 351 Å². The van der Waals surface area contributed by atoms with Crippen LogP contribution in [0.4, 0.5) is 18.0 Å². The van der Waals surface area contributed by atoms with Crippen LogP contribution in [0.1, 0.15) is 83.5 Å². The van der Waals surface area contributed by atoms with Crippen LogP contribution in [-0.2, 0) is 21.0 Å². The van der Waals surface area contributed by atoms with Gasteiger partial charge in [0.05, 0.1) is 51.1 Å². The number of carbonyl (C=O) groups is 2. The predicted octanol–water partition coefficient (Wildman–Crippen LogP) is 6.95. The summed E-state index contributed by atoms with van der Waals surface area (Å²) in [6.45, 7) is 8.21. The van der Waals surface area contributed by atoms with Gasteiger partial charge in [0.25, 0.3) is 0 Å². The van der Waals surface area contributed by atoms with E-state index in [9.17, 15) is 41.2 Å². The molecule has 1 saturated heterocycles. The second-order valence-electron chi connectivity index (χ2n) is 15.7. The van der Waals surface area contributed by atoms with Crippen LogP contribution in [0.15, 0.2) is 76.6 Å². The predicted molar refractivity (Wildman–Crippen MR) is 222 cm³/mol. The summed E-state index contributed by atoms with van der Waals surface area (Å²) in [5.41, 5.74) is 3.11. The molecule has 0 radical (unpaired) electrons. The number of hydrogen-bond acceptors (Lipinski definition) is 8. The molecule has 0 unspecified atom stereocenters. The number of nitrogens with zero attached hydrogens (tertiary/aromatic N) is 6. The third-order valence-electron chi connectivity index (χ3n) is 12.2. The van der Waals surface area contributed by atoms with E-state index in [2.05, 4.69) is 16.5 Å². The molecule has 2 aliphatic rings. The molecular formula is C43H48F3N9O5S. The highest BCUT2D eigenvalue weighted by Crippen LogP contribution is 2.37. The number of nitrogens with one attached hydrogen (secondary N) is 1. The Kier molecular flexibility index (Phi) is 12.5. The van der Waals surface area contributed by atoms with Gasteiger partial charge in [-0.05, 0) is 149 Å². The van der Waals surface area contributed by atoms with Crippen molar-refractivity contribution in [3.63, 3.8) is 0 Å². The number of hydrogen-bond donors (Lipinski definition) is 3. The van der Waals surface area contributed by atoms with Crippen molar-refractivity contribution in [3.05, 3.63) is 116 Å². The highest BCUT2D eigenvalue weighted by Gasteiger charge is 2.35. The zero-order valence-electron chi connectivity index (χ0n) is 34.3. The number of primary sulfonamides is 1. The summed E-state index contributed by atoms with van der Waals surface area (Å²) in [7, 11) is -3.90. The van der Waals surface area contributed by atoms with E-state index in [4.69, 9.17) is 5.14 Å². The van der Waals surface area contributed by atoms with Gasteiger partial charge in [-0.2, -0.15) is 23.5 Å². The number of halogens is 3. The number of alkyl halides is 3. The van der Waals surface area contributed by atoms with Gasteiger partial charge in [0.15, 0.2) is 0 Å². The molecule has 1 aliphatic carbocycles. The summed E-state index contributed by atoms with van der Waals surface area (Å²) in [6.07, 6.45) is 0.0373. The van der Waals surface area contributed by atoms with Gasteiger partial charge in [-0.25, -0.2) is 32.4 Å². The second kappa shape index (κ2) is 17.1. The van der Waals surface area contributed by atoms with E-state index in [1.807, 2.05) is 18.7 Å². The minimum absolute atomic E-state index is 0. The van der Waals surface area contributed by atoms with Gasteiger partial charge in [-0.15, -0.1) is 0 Å². The van der Waals surface area contributed by atoms with Gasteiger partial charge < -0.3 is 16.4 Å². The molecule has 1 aliphatic heterocycles. The lowest BCUT2D eigenvalue weighted by molar-refractivity contribution is -0.138. The molecule has 2 amide bonds. The first-order valence-electron chi connectivity index (χ1n) is 19.7. The maximum atomic E-state index is 14.3. The number of benzene rings is 3. The monoisotopic (exact) mass is 859 g/mol. The lowest BCUT2D eigenvalue weighted by Gasteiger charge is -2.37.